The van der Waals surface area contributed by atoms with Crippen LogP contribution in [0.1, 0.15) is 18.9 Å². The third-order valence-electron chi connectivity index (χ3n) is 4.17. The monoisotopic (exact) mass is 405 g/mol. The summed E-state index contributed by atoms with van der Waals surface area (Å²) >= 11 is 0. The first-order valence-corrected chi connectivity index (χ1v) is 10.6. The quantitative estimate of drug-likeness (QED) is 0.392. The van der Waals surface area contributed by atoms with Crippen molar-refractivity contribution in [3.8, 4) is 0 Å². The maximum Gasteiger partial charge on any atom is 0.271 e. The van der Waals surface area contributed by atoms with E-state index < -0.39 is 26.9 Å². The van der Waals surface area contributed by atoms with E-state index in [0.29, 0.717) is 13.0 Å². The summed E-state index contributed by atoms with van der Waals surface area (Å²) < 4.78 is 25.4. The van der Waals surface area contributed by atoms with Gasteiger partial charge < -0.3 is 5.32 Å². The van der Waals surface area contributed by atoms with E-state index in [9.17, 15) is 23.3 Å². The minimum absolute atomic E-state index is 0.0728. The van der Waals surface area contributed by atoms with Crippen LogP contribution in [0.2, 0.25) is 0 Å². The zero-order chi connectivity index (χ0) is 20.7. The highest BCUT2D eigenvalue weighted by atomic mass is 32.2. The summed E-state index contributed by atoms with van der Waals surface area (Å²) in [4.78, 5) is 22.8. The molecule has 1 N–H and O–H groups in total. The van der Waals surface area contributed by atoms with Crippen molar-refractivity contribution in [1.82, 2.24) is 5.32 Å². The van der Waals surface area contributed by atoms with Crippen LogP contribution >= 0.6 is 0 Å². The fourth-order valence-corrected chi connectivity index (χ4v) is 4.02. The first kappa shape index (κ1) is 21.4. The lowest BCUT2D eigenvalue weighted by Crippen LogP contribution is -2.48. The van der Waals surface area contributed by atoms with Crippen LogP contribution in [-0.4, -0.2) is 38.1 Å². The molecular weight excluding hydrogens is 382 g/mol. The summed E-state index contributed by atoms with van der Waals surface area (Å²) in [6, 6.07) is 14.0. The zero-order valence-corrected chi connectivity index (χ0v) is 16.6. The molecule has 9 heteroatoms. The van der Waals surface area contributed by atoms with Gasteiger partial charge in [0.25, 0.3) is 5.69 Å². The van der Waals surface area contributed by atoms with Gasteiger partial charge >= 0.3 is 0 Å². The number of anilines is 1. The summed E-state index contributed by atoms with van der Waals surface area (Å²) in [6.07, 6.45) is 2.46. The number of sulfonamides is 1. The van der Waals surface area contributed by atoms with Crippen LogP contribution in [0.5, 0.6) is 0 Å². The third kappa shape index (κ3) is 5.78. The van der Waals surface area contributed by atoms with Crippen LogP contribution in [0.15, 0.2) is 54.6 Å². The van der Waals surface area contributed by atoms with Crippen molar-refractivity contribution in [1.29, 1.82) is 0 Å². The Labute approximate surface area is 164 Å². The summed E-state index contributed by atoms with van der Waals surface area (Å²) in [5.74, 6) is -0.468. The molecule has 0 aromatic heterocycles. The molecule has 0 aliphatic rings. The van der Waals surface area contributed by atoms with E-state index >= 15 is 0 Å². The van der Waals surface area contributed by atoms with Crippen LogP contribution < -0.4 is 9.62 Å². The number of nitrogens with one attached hydrogen (secondary N) is 1. The predicted octanol–water partition coefficient (Wildman–Crippen LogP) is 2.50. The van der Waals surface area contributed by atoms with Crippen molar-refractivity contribution in [2.24, 2.45) is 0 Å². The molecule has 0 unspecified atom stereocenters. The molecule has 0 heterocycles. The number of carbonyl (C=O) groups excluding carboxylic acids is 1. The molecule has 2 rings (SSSR count). The highest BCUT2D eigenvalue weighted by Gasteiger charge is 2.29. The lowest BCUT2D eigenvalue weighted by atomic mass is 10.1. The van der Waals surface area contributed by atoms with Gasteiger partial charge in [-0.1, -0.05) is 36.4 Å². The number of hydrogen-bond donors (Lipinski definition) is 1. The highest BCUT2D eigenvalue weighted by Crippen LogP contribution is 2.25. The van der Waals surface area contributed by atoms with E-state index in [1.54, 1.807) is 0 Å². The van der Waals surface area contributed by atoms with Crippen molar-refractivity contribution in [2.75, 3.05) is 17.1 Å². The predicted molar refractivity (Wildman–Crippen MR) is 108 cm³/mol. The highest BCUT2D eigenvalue weighted by molar-refractivity contribution is 7.92. The van der Waals surface area contributed by atoms with Crippen LogP contribution in [0.3, 0.4) is 0 Å². The average molecular weight is 405 g/mol. The molecule has 0 saturated carbocycles. The number of nitrogens with zero attached hydrogens (tertiary/aromatic N) is 2. The first-order chi connectivity index (χ1) is 13.2. The van der Waals surface area contributed by atoms with Crippen LogP contribution in [-0.2, 0) is 21.2 Å². The molecule has 2 aromatic rings. The molecule has 150 valence electrons. The Hall–Kier alpha value is -2.94. The van der Waals surface area contributed by atoms with Gasteiger partial charge in [-0.15, -0.1) is 0 Å². The second-order valence-electron chi connectivity index (χ2n) is 6.39. The molecular formula is C19H23N3O5S. The van der Waals surface area contributed by atoms with Crippen molar-refractivity contribution >= 4 is 27.3 Å². The number of non-ortho nitro benzene ring substituents is 1. The topological polar surface area (TPSA) is 110 Å². The summed E-state index contributed by atoms with van der Waals surface area (Å²) in [5.41, 5.74) is 0.976. The first-order valence-electron chi connectivity index (χ1n) is 8.75. The molecule has 1 amide bonds. The fraction of sp³-hybridized carbons (Fsp3) is 0.316. The molecule has 0 spiro atoms. The minimum atomic E-state index is -3.83. The van der Waals surface area contributed by atoms with Gasteiger partial charge in [0.15, 0.2) is 0 Å². The lowest BCUT2D eigenvalue weighted by molar-refractivity contribution is -0.384. The molecule has 2 aromatic carbocycles. The van der Waals surface area contributed by atoms with E-state index in [0.717, 1.165) is 28.6 Å². The fourth-order valence-electron chi connectivity index (χ4n) is 2.85. The number of rotatable bonds is 9. The van der Waals surface area contributed by atoms with Crippen LogP contribution in [0.25, 0.3) is 0 Å². The molecule has 8 nitrogen and oxygen atoms in total. The normalized spacial score (nSPS) is 12.2. The maximum atomic E-state index is 12.5. The Balaban J connectivity index is 2.06. The number of nitro groups is 1. The summed E-state index contributed by atoms with van der Waals surface area (Å²) in [6.45, 7) is 1.84. The Bertz CT molecular complexity index is 932. The Morgan fingerprint density at radius 2 is 1.86 bits per heavy atom. The van der Waals surface area contributed by atoms with Crippen LogP contribution in [0.4, 0.5) is 11.4 Å². The van der Waals surface area contributed by atoms with Gasteiger partial charge in [-0.3, -0.25) is 19.2 Å². The number of nitro benzene ring substituents is 1. The van der Waals surface area contributed by atoms with Gasteiger partial charge in [0.05, 0.1) is 16.9 Å². The van der Waals surface area contributed by atoms with E-state index in [4.69, 9.17) is 0 Å². The van der Waals surface area contributed by atoms with Gasteiger partial charge in [-0.25, -0.2) is 8.42 Å². The number of benzene rings is 2. The zero-order valence-electron chi connectivity index (χ0n) is 15.7. The molecule has 0 aliphatic heterocycles. The largest absolute Gasteiger partial charge is 0.354 e. The summed E-state index contributed by atoms with van der Waals surface area (Å²) in [7, 11) is -3.83. The van der Waals surface area contributed by atoms with E-state index in [2.05, 4.69) is 5.32 Å². The van der Waals surface area contributed by atoms with Crippen molar-refractivity contribution in [3.63, 3.8) is 0 Å². The van der Waals surface area contributed by atoms with Crippen molar-refractivity contribution in [2.45, 2.75) is 25.8 Å². The minimum Gasteiger partial charge on any atom is -0.354 e. The smallest absolute Gasteiger partial charge is 0.271 e. The number of amides is 1. The van der Waals surface area contributed by atoms with Gasteiger partial charge in [-0.2, -0.15) is 0 Å². The van der Waals surface area contributed by atoms with Gasteiger partial charge in [0.1, 0.15) is 6.04 Å². The number of hydrogen-bond acceptors (Lipinski definition) is 5. The molecule has 0 radical (unpaired) electrons. The summed E-state index contributed by atoms with van der Waals surface area (Å²) in [5, 5.41) is 13.7. The van der Waals surface area contributed by atoms with Crippen LogP contribution in [0, 0.1) is 10.1 Å². The van der Waals surface area contributed by atoms with Gasteiger partial charge in [0.2, 0.25) is 15.9 Å². The van der Waals surface area contributed by atoms with E-state index in [1.807, 2.05) is 30.3 Å². The third-order valence-corrected chi connectivity index (χ3v) is 5.41. The van der Waals surface area contributed by atoms with Gasteiger partial charge in [0, 0.05) is 18.7 Å². The second-order valence-corrected chi connectivity index (χ2v) is 8.25. The Morgan fingerprint density at radius 1 is 1.18 bits per heavy atom. The Morgan fingerprint density at radius 3 is 2.46 bits per heavy atom. The average Bonchev–Trinajstić information content (AvgIpc) is 2.65. The number of carbonyl (C=O) groups is 1. The Kier molecular flexibility index (Phi) is 7.11. The lowest BCUT2D eigenvalue weighted by Gasteiger charge is -2.28. The van der Waals surface area contributed by atoms with E-state index in [1.165, 1.54) is 25.1 Å². The molecule has 1 atom stereocenters. The maximum absolute atomic E-state index is 12.5. The SMILES string of the molecule is C[C@H](C(=O)NCCCc1ccccc1)N(c1cccc([N+](=O)[O-])c1)S(C)(=O)=O. The van der Waals surface area contributed by atoms with Gasteiger partial charge in [-0.05, 0) is 31.4 Å². The molecule has 0 aliphatic carbocycles. The molecule has 0 saturated heterocycles. The van der Waals surface area contributed by atoms with E-state index in [-0.39, 0.29) is 11.4 Å². The van der Waals surface area contributed by atoms with Crippen molar-refractivity contribution < 1.29 is 18.1 Å². The second kappa shape index (κ2) is 9.32. The van der Waals surface area contributed by atoms with Crippen molar-refractivity contribution in [3.05, 3.63) is 70.3 Å². The molecule has 28 heavy (non-hydrogen) atoms. The molecule has 0 fully saturated rings. The molecule has 0 bridgehead atoms. The standard InChI is InChI=1S/C19H23N3O5S/c1-15(19(23)20-13-7-10-16-8-4-3-5-9-16)21(28(2,26)27)17-11-6-12-18(14-17)22(24)25/h3-6,8-9,11-12,14-15H,7,10,13H2,1-2H3,(H,20,23)/t15-/m1/s1. The number of aryl methyl sites for hydroxylation is 1.